The highest BCUT2D eigenvalue weighted by Crippen LogP contribution is 2.31. The van der Waals surface area contributed by atoms with Gasteiger partial charge in [0.2, 0.25) is 0 Å². The van der Waals surface area contributed by atoms with Crippen molar-refractivity contribution in [1.29, 1.82) is 0 Å². The first-order valence-corrected chi connectivity index (χ1v) is 12.9. The van der Waals surface area contributed by atoms with Gasteiger partial charge in [0.1, 0.15) is 5.82 Å². The van der Waals surface area contributed by atoms with Crippen molar-refractivity contribution >= 4 is 39.2 Å². The first-order valence-electron chi connectivity index (χ1n) is 11.5. The smallest absolute Gasteiger partial charge is 0.478 e. The van der Waals surface area contributed by atoms with E-state index in [1.54, 1.807) is 24.4 Å². The van der Waals surface area contributed by atoms with Crippen LogP contribution in [0.3, 0.4) is 0 Å². The Morgan fingerprint density at radius 3 is 2.03 bits per heavy atom. The lowest BCUT2D eigenvalue weighted by atomic mass is 10.1. The highest BCUT2D eigenvalue weighted by molar-refractivity contribution is 7.92. The molecule has 0 amide bonds. The number of carboxylic acid groups (broad SMARTS) is 2. The van der Waals surface area contributed by atoms with Crippen molar-refractivity contribution in [3.63, 3.8) is 0 Å². The summed E-state index contributed by atoms with van der Waals surface area (Å²) in [5.41, 5.74) is 1.86. The second kappa shape index (κ2) is 12.0. The van der Waals surface area contributed by atoms with Crippen LogP contribution in [0.4, 0.5) is 30.4 Å². The number of piperazine rings is 1. The summed E-state index contributed by atoms with van der Waals surface area (Å²) in [6.45, 7) is 4.58. The first kappa shape index (κ1) is 29.2. The van der Waals surface area contributed by atoms with Crippen molar-refractivity contribution in [2.45, 2.75) is 18.0 Å². The Bertz CT molecular complexity index is 1410. The topological polar surface area (TPSA) is 140 Å². The molecule has 0 aliphatic carbocycles. The molecular weight excluding hydrogens is 541 g/mol. The SMILES string of the molecule is Cc1ccc(S(=O)(=O)Nc2cc(C(=O)O)ccc2N2CCN(c3ccccn3)CC2)cc1.O=C(O)C(F)(F)F. The average Bonchev–Trinajstić information content (AvgIpc) is 2.89. The molecular formula is C25H25F3N4O6S. The van der Waals surface area contributed by atoms with Crippen LogP contribution >= 0.6 is 0 Å². The maximum Gasteiger partial charge on any atom is 0.490 e. The van der Waals surface area contributed by atoms with Crippen molar-refractivity contribution in [2.75, 3.05) is 40.7 Å². The van der Waals surface area contributed by atoms with Gasteiger partial charge in [-0.2, -0.15) is 13.2 Å². The number of nitrogens with zero attached hydrogens (tertiary/aromatic N) is 3. The van der Waals surface area contributed by atoms with Crippen molar-refractivity contribution in [3.8, 4) is 0 Å². The number of hydrogen-bond acceptors (Lipinski definition) is 7. The molecule has 1 fully saturated rings. The molecule has 1 saturated heterocycles. The number of carboxylic acids is 2. The lowest BCUT2D eigenvalue weighted by Crippen LogP contribution is -2.47. The number of halogens is 3. The number of hydrogen-bond donors (Lipinski definition) is 3. The molecule has 1 aliphatic heterocycles. The van der Waals surface area contributed by atoms with Crippen molar-refractivity contribution in [3.05, 3.63) is 78.0 Å². The molecule has 1 aromatic heterocycles. The fourth-order valence-electron chi connectivity index (χ4n) is 3.66. The summed E-state index contributed by atoms with van der Waals surface area (Å²) >= 11 is 0. The summed E-state index contributed by atoms with van der Waals surface area (Å²) in [5, 5.41) is 16.5. The van der Waals surface area contributed by atoms with Gasteiger partial charge >= 0.3 is 18.1 Å². The summed E-state index contributed by atoms with van der Waals surface area (Å²) in [6.07, 6.45) is -3.33. The number of aromatic carboxylic acids is 1. The van der Waals surface area contributed by atoms with Crippen LogP contribution in [-0.2, 0) is 14.8 Å². The molecule has 2 heterocycles. The zero-order valence-corrected chi connectivity index (χ0v) is 21.4. The predicted molar refractivity (Wildman–Crippen MR) is 138 cm³/mol. The Morgan fingerprint density at radius 2 is 1.51 bits per heavy atom. The number of nitrogens with one attached hydrogen (secondary N) is 1. The Labute approximate surface area is 222 Å². The second-order valence-electron chi connectivity index (χ2n) is 8.42. The lowest BCUT2D eigenvalue weighted by molar-refractivity contribution is -0.192. The summed E-state index contributed by atoms with van der Waals surface area (Å²) in [5.74, 6) is -2.98. The van der Waals surface area contributed by atoms with E-state index in [1.807, 2.05) is 25.1 Å². The molecule has 3 N–H and O–H groups in total. The van der Waals surface area contributed by atoms with Crippen LogP contribution in [0, 0.1) is 6.92 Å². The molecule has 2 aromatic carbocycles. The lowest BCUT2D eigenvalue weighted by Gasteiger charge is -2.37. The van der Waals surface area contributed by atoms with Gasteiger partial charge in [0.15, 0.2) is 0 Å². The van der Waals surface area contributed by atoms with E-state index in [0.29, 0.717) is 31.9 Å². The van der Waals surface area contributed by atoms with E-state index in [9.17, 15) is 31.5 Å². The number of carbonyl (C=O) groups is 2. The molecule has 39 heavy (non-hydrogen) atoms. The van der Waals surface area contributed by atoms with Gasteiger partial charge in [-0.15, -0.1) is 0 Å². The molecule has 14 heteroatoms. The number of alkyl halides is 3. The fraction of sp³-hybridized carbons (Fsp3) is 0.240. The first-order chi connectivity index (χ1) is 18.3. The van der Waals surface area contributed by atoms with E-state index in [-0.39, 0.29) is 16.1 Å². The van der Waals surface area contributed by atoms with Gasteiger partial charge in [-0.1, -0.05) is 23.8 Å². The van der Waals surface area contributed by atoms with Crippen molar-refractivity contribution in [1.82, 2.24) is 4.98 Å². The van der Waals surface area contributed by atoms with Crippen LogP contribution < -0.4 is 14.5 Å². The van der Waals surface area contributed by atoms with Crippen molar-refractivity contribution < 1.29 is 41.4 Å². The minimum atomic E-state index is -5.08. The van der Waals surface area contributed by atoms with E-state index in [4.69, 9.17) is 9.90 Å². The van der Waals surface area contributed by atoms with Gasteiger partial charge in [-0.05, 0) is 49.4 Å². The van der Waals surface area contributed by atoms with Gasteiger partial charge in [-0.3, -0.25) is 4.72 Å². The van der Waals surface area contributed by atoms with E-state index in [1.165, 1.54) is 24.3 Å². The fourth-order valence-corrected chi connectivity index (χ4v) is 4.73. The Balaban J connectivity index is 0.000000532. The molecule has 0 bridgehead atoms. The third-order valence-electron chi connectivity index (χ3n) is 5.66. The summed E-state index contributed by atoms with van der Waals surface area (Å²) in [4.78, 5) is 29.1. The number of anilines is 3. The third kappa shape index (κ3) is 7.83. The minimum Gasteiger partial charge on any atom is -0.478 e. The largest absolute Gasteiger partial charge is 0.490 e. The molecule has 0 spiro atoms. The molecule has 0 atom stereocenters. The third-order valence-corrected chi connectivity index (χ3v) is 7.04. The number of sulfonamides is 1. The van der Waals surface area contributed by atoms with Crippen LogP contribution in [-0.4, -0.2) is 67.9 Å². The van der Waals surface area contributed by atoms with Gasteiger partial charge < -0.3 is 20.0 Å². The maximum atomic E-state index is 13.0. The number of aryl methyl sites for hydroxylation is 1. The molecule has 208 valence electrons. The van der Waals surface area contributed by atoms with Crippen LogP contribution in [0.15, 0.2) is 71.8 Å². The van der Waals surface area contributed by atoms with Gasteiger partial charge in [0.25, 0.3) is 10.0 Å². The standard InChI is InChI=1S/C23H24N4O4S.C2HF3O2/c1-17-5-8-19(9-6-17)32(30,31)25-20-16-18(23(28)29)7-10-21(20)26-12-14-27(15-13-26)22-4-2-3-11-24-22;3-2(4,5)1(6)7/h2-11,16,25H,12-15H2,1H3,(H,28,29);(H,6,7). The monoisotopic (exact) mass is 566 g/mol. The summed E-state index contributed by atoms with van der Waals surface area (Å²) in [6, 6.07) is 16.8. The van der Waals surface area contributed by atoms with Gasteiger partial charge in [0.05, 0.1) is 21.8 Å². The van der Waals surface area contributed by atoms with E-state index >= 15 is 0 Å². The molecule has 1 aliphatic rings. The minimum absolute atomic E-state index is 0.0162. The number of aliphatic carboxylic acids is 1. The zero-order valence-electron chi connectivity index (χ0n) is 20.6. The molecule has 0 unspecified atom stereocenters. The highest BCUT2D eigenvalue weighted by Gasteiger charge is 2.38. The van der Waals surface area contributed by atoms with E-state index < -0.39 is 28.1 Å². The Hall–Kier alpha value is -4.33. The van der Waals surface area contributed by atoms with Crippen LogP contribution in [0.1, 0.15) is 15.9 Å². The summed E-state index contributed by atoms with van der Waals surface area (Å²) in [7, 11) is -3.88. The summed E-state index contributed by atoms with van der Waals surface area (Å²) < 4.78 is 60.3. The molecule has 0 saturated carbocycles. The number of rotatable bonds is 6. The van der Waals surface area contributed by atoms with E-state index in [0.717, 1.165) is 11.4 Å². The van der Waals surface area contributed by atoms with Crippen LogP contribution in [0.2, 0.25) is 0 Å². The second-order valence-corrected chi connectivity index (χ2v) is 10.1. The predicted octanol–water partition coefficient (Wildman–Crippen LogP) is 3.85. The Morgan fingerprint density at radius 1 is 0.923 bits per heavy atom. The molecule has 3 aromatic rings. The van der Waals surface area contributed by atoms with E-state index in [2.05, 4.69) is 19.5 Å². The maximum absolute atomic E-state index is 13.0. The molecule has 4 rings (SSSR count). The van der Waals surface area contributed by atoms with Gasteiger partial charge in [0, 0.05) is 32.4 Å². The number of pyridine rings is 1. The zero-order chi connectivity index (χ0) is 28.8. The van der Waals surface area contributed by atoms with Crippen LogP contribution in [0.25, 0.3) is 0 Å². The quantitative estimate of drug-likeness (QED) is 0.406. The Kier molecular flexibility index (Phi) is 9.01. The average molecular weight is 567 g/mol. The number of benzene rings is 2. The molecule has 0 radical (unpaired) electrons. The molecule has 10 nitrogen and oxygen atoms in total. The normalized spacial score (nSPS) is 13.7. The van der Waals surface area contributed by atoms with Crippen LogP contribution in [0.5, 0.6) is 0 Å². The highest BCUT2D eigenvalue weighted by atomic mass is 32.2. The number of aromatic nitrogens is 1. The van der Waals surface area contributed by atoms with Crippen molar-refractivity contribution in [2.24, 2.45) is 0 Å². The van der Waals surface area contributed by atoms with Gasteiger partial charge in [-0.25, -0.2) is 23.0 Å².